The van der Waals surface area contributed by atoms with E-state index in [-0.39, 0.29) is 23.4 Å². The highest BCUT2D eigenvalue weighted by atomic mass is 19.4. The SMILES string of the molecule is COC(=O)C1CCC(c2cc3c(N[C@H](C)c4cc([N+](=O)[O-])cc(C(F)(F)F)c4)nc(C)nc3cn2)CC1. The van der Waals surface area contributed by atoms with Crippen LogP contribution >= 0.6 is 0 Å². The lowest BCUT2D eigenvalue weighted by molar-refractivity contribution is -0.385. The molecule has 1 fully saturated rings. The number of aromatic nitrogens is 3. The van der Waals surface area contributed by atoms with E-state index in [0.717, 1.165) is 30.7 Å². The predicted molar refractivity (Wildman–Crippen MR) is 129 cm³/mol. The van der Waals surface area contributed by atoms with Gasteiger partial charge in [0.25, 0.3) is 5.69 Å². The summed E-state index contributed by atoms with van der Waals surface area (Å²) in [6.07, 6.45) is -0.186. The molecule has 1 aliphatic rings. The van der Waals surface area contributed by atoms with Crippen LogP contribution in [0.25, 0.3) is 10.9 Å². The van der Waals surface area contributed by atoms with E-state index in [1.54, 1.807) is 20.0 Å². The number of carbonyl (C=O) groups excluding carboxylic acids is 1. The molecular weight excluding hydrogens is 491 g/mol. The third-order valence-corrected chi connectivity index (χ3v) is 6.73. The summed E-state index contributed by atoms with van der Waals surface area (Å²) in [6, 6.07) is 3.67. The van der Waals surface area contributed by atoms with E-state index >= 15 is 0 Å². The van der Waals surface area contributed by atoms with Gasteiger partial charge in [-0.2, -0.15) is 13.2 Å². The minimum Gasteiger partial charge on any atom is -0.469 e. The number of halogens is 3. The average molecular weight is 518 g/mol. The molecule has 0 unspecified atom stereocenters. The number of nitro groups is 1. The fourth-order valence-electron chi connectivity index (χ4n) is 4.73. The third kappa shape index (κ3) is 5.78. The van der Waals surface area contributed by atoms with Crippen molar-refractivity contribution in [2.75, 3.05) is 12.4 Å². The molecule has 1 N–H and O–H groups in total. The number of hydrogen-bond acceptors (Lipinski definition) is 8. The minimum atomic E-state index is -4.73. The summed E-state index contributed by atoms with van der Waals surface area (Å²) < 4.78 is 45.0. The average Bonchev–Trinajstić information content (AvgIpc) is 2.87. The fourth-order valence-corrected chi connectivity index (χ4v) is 4.73. The maximum atomic E-state index is 13.4. The first-order valence-corrected chi connectivity index (χ1v) is 11.8. The summed E-state index contributed by atoms with van der Waals surface area (Å²) in [5.74, 6) is 0.627. The number of pyridine rings is 1. The Morgan fingerprint density at radius 3 is 2.49 bits per heavy atom. The van der Waals surface area contributed by atoms with Gasteiger partial charge in [-0.3, -0.25) is 19.9 Å². The van der Waals surface area contributed by atoms with Crippen LogP contribution < -0.4 is 5.32 Å². The standard InChI is InChI=1S/C25H26F3N5O4/c1-13(17-8-18(25(26,27)28)10-19(9-17)33(35)36)30-23-20-11-21(29-12-22(20)31-14(2)32-23)15-4-6-16(7-5-15)24(34)37-3/h8-13,15-16H,4-7H2,1-3H3,(H,30,31,32)/t13-,15?,16?/m1/s1. The summed E-state index contributed by atoms with van der Waals surface area (Å²) >= 11 is 0. The molecule has 0 amide bonds. The van der Waals surface area contributed by atoms with E-state index in [1.165, 1.54) is 7.11 Å². The molecule has 0 spiro atoms. The number of fused-ring (bicyclic) bond motifs is 1. The van der Waals surface area contributed by atoms with Gasteiger partial charge in [0.2, 0.25) is 0 Å². The maximum absolute atomic E-state index is 13.4. The Bertz CT molecular complexity index is 1340. The number of non-ortho nitro benzene ring substituents is 1. The molecule has 0 aliphatic heterocycles. The summed E-state index contributed by atoms with van der Waals surface area (Å²) in [5.41, 5.74) is -0.265. The fraction of sp³-hybridized carbons (Fsp3) is 0.440. The molecule has 1 aromatic carbocycles. The van der Waals surface area contributed by atoms with E-state index in [2.05, 4.69) is 20.3 Å². The number of anilines is 1. The minimum absolute atomic E-state index is 0.0985. The van der Waals surface area contributed by atoms with Gasteiger partial charge in [0.05, 0.1) is 41.3 Å². The lowest BCUT2D eigenvalue weighted by Crippen LogP contribution is -2.22. The van der Waals surface area contributed by atoms with Crippen molar-refractivity contribution in [1.29, 1.82) is 0 Å². The van der Waals surface area contributed by atoms with Gasteiger partial charge in [-0.05, 0) is 57.2 Å². The van der Waals surface area contributed by atoms with Crippen molar-refractivity contribution in [1.82, 2.24) is 15.0 Å². The normalized spacial score (nSPS) is 18.9. The first-order valence-electron chi connectivity index (χ1n) is 11.8. The van der Waals surface area contributed by atoms with Crippen LogP contribution in [0.5, 0.6) is 0 Å². The number of rotatable bonds is 6. The van der Waals surface area contributed by atoms with Crippen molar-refractivity contribution in [3.8, 4) is 0 Å². The zero-order valence-corrected chi connectivity index (χ0v) is 20.5. The Morgan fingerprint density at radius 2 is 1.86 bits per heavy atom. The topological polar surface area (TPSA) is 120 Å². The molecule has 1 aliphatic carbocycles. The quantitative estimate of drug-likeness (QED) is 0.245. The number of methoxy groups -OCH3 is 1. The molecule has 1 saturated carbocycles. The Balaban J connectivity index is 1.65. The van der Waals surface area contributed by atoms with Crippen molar-refractivity contribution < 1.29 is 27.6 Å². The highest BCUT2D eigenvalue weighted by Crippen LogP contribution is 2.38. The number of alkyl halides is 3. The number of carbonyl (C=O) groups is 1. The van der Waals surface area contributed by atoms with Crippen LogP contribution in [0.1, 0.15) is 67.2 Å². The molecule has 12 heteroatoms. The second-order valence-corrected chi connectivity index (χ2v) is 9.25. The third-order valence-electron chi connectivity index (χ3n) is 6.73. The van der Waals surface area contributed by atoms with Crippen LogP contribution in [0.2, 0.25) is 0 Å². The van der Waals surface area contributed by atoms with Gasteiger partial charge in [-0.1, -0.05) is 0 Å². The van der Waals surface area contributed by atoms with Crippen molar-refractivity contribution in [2.45, 2.75) is 57.7 Å². The zero-order valence-electron chi connectivity index (χ0n) is 20.5. The van der Waals surface area contributed by atoms with Gasteiger partial charge in [-0.15, -0.1) is 0 Å². The van der Waals surface area contributed by atoms with E-state index < -0.39 is 28.4 Å². The van der Waals surface area contributed by atoms with Crippen LogP contribution in [-0.2, 0) is 15.7 Å². The van der Waals surface area contributed by atoms with Gasteiger partial charge in [-0.25, -0.2) is 9.97 Å². The van der Waals surface area contributed by atoms with Crippen LogP contribution in [0.15, 0.2) is 30.5 Å². The summed E-state index contributed by atoms with van der Waals surface area (Å²) in [5, 5.41) is 15.0. The summed E-state index contributed by atoms with van der Waals surface area (Å²) in [4.78, 5) is 35.7. The number of esters is 1. The molecule has 2 aromatic heterocycles. The molecule has 0 bridgehead atoms. The van der Waals surface area contributed by atoms with Gasteiger partial charge < -0.3 is 10.1 Å². The largest absolute Gasteiger partial charge is 0.469 e. The van der Waals surface area contributed by atoms with Crippen molar-refractivity contribution in [3.63, 3.8) is 0 Å². The Labute approximate surface area is 210 Å². The number of ether oxygens (including phenoxy) is 1. The number of hydrogen-bond donors (Lipinski definition) is 1. The molecule has 4 rings (SSSR count). The molecule has 196 valence electrons. The Hall–Kier alpha value is -3.83. The number of aryl methyl sites for hydroxylation is 1. The second kappa shape index (κ2) is 10.3. The van der Waals surface area contributed by atoms with Gasteiger partial charge in [0, 0.05) is 29.1 Å². The molecule has 9 nitrogen and oxygen atoms in total. The van der Waals surface area contributed by atoms with Crippen LogP contribution in [0.3, 0.4) is 0 Å². The van der Waals surface area contributed by atoms with E-state index in [0.29, 0.717) is 41.5 Å². The highest BCUT2D eigenvalue weighted by Gasteiger charge is 2.33. The first-order chi connectivity index (χ1) is 17.5. The van der Waals surface area contributed by atoms with Crippen LogP contribution in [-0.4, -0.2) is 33.0 Å². The van der Waals surface area contributed by atoms with E-state index in [1.807, 2.05) is 6.07 Å². The van der Waals surface area contributed by atoms with E-state index in [9.17, 15) is 28.1 Å². The van der Waals surface area contributed by atoms with Crippen LogP contribution in [0, 0.1) is 23.0 Å². The van der Waals surface area contributed by atoms with Gasteiger partial charge in [0.15, 0.2) is 0 Å². The summed E-state index contributed by atoms with van der Waals surface area (Å²) in [7, 11) is 1.38. The zero-order chi connectivity index (χ0) is 26.9. The van der Waals surface area contributed by atoms with Crippen molar-refractivity contribution >= 4 is 28.4 Å². The molecular formula is C25H26F3N5O4. The molecule has 1 atom stereocenters. The van der Waals surface area contributed by atoms with Crippen LogP contribution in [0.4, 0.5) is 24.7 Å². The number of benzene rings is 1. The number of nitrogens with one attached hydrogen (secondary N) is 1. The van der Waals surface area contributed by atoms with E-state index in [4.69, 9.17) is 4.74 Å². The molecule has 2 heterocycles. The molecule has 0 radical (unpaired) electrons. The molecule has 3 aromatic rings. The monoisotopic (exact) mass is 517 g/mol. The van der Waals surface area contributed by atoms with Crippen molar-refractivity contribution in [3.05, 3.63) is 63.2 Å². The first kappa shape index (κ1) is 26.2. The molecule has 0 saturated heterocycles. The smallest absolute Gasteiger partial charge is 0.416 e. The predicted octanol–water partition coefficient (Wildman–Crippen LogP) is 5.88. The number of nitro benzene ring substituents is 1. The second-order valence-electron chi connectivity index (χ2n) is 9.25. The highest BCUT2D eigenvalue weighted by molar-refractivity contribution is 5.89. The maximum Gasteiger partial charge on any atom is 0.416 e. The Kier molecular flexibility index (Phi) is 7.28. The Morgan fingerprint density at radius 1 is 1.16 bits per heavy atom. The number of nitrogens with zero attached hydrogens (tertiary/aromatic N) is 4. The van der Waals surface area contributed by atoms with Crippen molar-refractivity contribution in [2.24, 2.45) is 5.92 Å². The summed E-state index contributed by atoms with van der Waals surface area (Å²) in [6.45, 7) is 3.30. The van der Waals surface area contributed by atoms with Gasteiger partial charge in [0.1, 0.15) is 11.6 Å². The van der Waals surface area contributed by atoms with Gasteiger partial charge >= 0.3 is 12.1 Å². The molecule has 37 heavy (non-hydrogen) atoms. The lowest BCUT2D eigenvalue weighted by Gasteiger charge is -2.26. The lowest BCUT2D eigenvalue weighted by atomic mass is 9.80.